The van der Waals surface area contributed by atoms with Crippen LogP contribution < -0.4 is 4.74 Å². The molecule has 0 bridgehead atoms. The SMILES string of the molecule is COc1ccc2nc(-n3c(O)c(O)c(C(=O)c4ccc(C)s4)c3-c3ccsc3)sc2c1. The van der Waals surface area contributed by atoms with E-state index in [2.05, 4.69) is 4.98 Å². The van der Waals surface area contributed by atoms with Gasteiger partial charge in [0.1, 0.15) is 5.75 Å². The first-order valence-corrected chi connectivity index (χ1v) is 11.8. The summed E-state index contributed by atoms with van der Waals surface area (Å²) < 4.78 is 7.60. The highest BCUT2D eigenvalue weighted by Crippen LogP contribution is 2.46. The largest absolute Gasteiger partial charge is 0.503 e. The Bertz CT molecular complexity index is 1430. The number of ether oxygens (including phenoxy) is 1. The van der Waals surface area contributed by atoms with Crippen molar-refractivity contribution in [1.82, 2.24) is 9.55 Å². The first-order chi connectivity index (χ1) is 15.0. The van der Waals surface area contributed by atoms with E-state index >= 15 is 0 Å². The summed E-state index contributed by atoms with van der Waals surface area (Å²) in [6.07, 6.45) is 0. The third kappa shape index (κ3) is 3.21. The van der Waals surface area contributed by atoms with E-state index in [-0.39, 0.29) is 11.3 Å². The lowest BCUT2D eigenvalue weighted by atomic mass is 10.1. The topological polar surface area (TPSA) is 84.6 Å². The van der Waals surface area contributed by atoms with Gasteiger partial charge in [0.25, 0.3) is 0 Å². The zero-order valence-corrected chi connectivity index (χ0v) is 18.9. The molecule has 0 spiro atoms. The van der Waals surface area contributed by atoms with Crippen molar-refractivity contribution in [3.8, 4) is 33.8 Å². The van der Waals surface area contributed by atoms with Gasteiger partial charge in [0.05, 0.1) is 33.5 Å². The molecule has 1 aromatic carbocycles. The van der Waals surface area contributed by atoms with E-state index < -0.39 is 11.6 Å². The van der Waals surface area contributed by atoms with Crippen LogP contribution in [-0.4, -0.2) is 32.7 Å². The van der Waals surface area contributed by atoms with Crippen molar-refractivity contribution in [3.05, 3.63) is 62.5 Å². The minimum atomic E-state index is -0.450. The van der Waals surface area contributed by atoms with Crippen LogP contribution in [0.2, 0.25) is 0 Å². The van der Waals surface area contributed by atoms with Crippen LogP contribution in [-0.2, 0) is 0 Å². The minimum Gasteiger partial charge on any atom is -0.503 e. The number of benzene rings is 1. The van der Waals surface area contributed by atoms with Crippen molar-refractivity contribution in [2.24, 2.45) is 0 Å². The fourth-order valence-corrected chi connectivity index (χ4v) is 5.87. The second-order valence-corrected chi connectivity index (χ2v) is 9.89. The van der Waals surface area contributed by atoms with Crippen molar-refractivity contribution < 1.29 is 19.7 Å². The molecule has 31 heavy (non-hydrogen) atoms. The summed E-state index contributed by atoms with van der Waals surface area (Å²) in [5, 5.41) is 25.9. The van der Waals surface area contributed by atoms with Crippen LogP contribution in [0.3, 0.4) is 0 Å². The van der Waals surface area contributed by atoms with Crippen LogP contribution in [0.1, 0.15) is 20.1 Å². The summed E-state index contributed by atoms with van der Waals surface area (Å²) in [5.41, 5.74) is 1.92. The molecule has 9 heteroatoms. The fraction of sp³-hybridized carbons (Fsp3) is 0.0909. The molecule has 4 aromatic heterocycles. The van der Waals surface area contributed by atoms with Gasteiger partial charge in [-0.1, -0.05) is 11.3 Å². The van der Waals surface area contributed by atoms with Crippen LogP contribution in [0.4, 0.5) is 0 Å². The summed E-state index contributed by atoms with van der Waals surface area (Å²) in [5.74, 6) is -0.504. The van der Waals surface area contributed by atoms with Crippen LogP contribution in [0.5, 0.6) is 17.4 Å². The van der Waals surface area contributed by atoms with Gasteiger partial charge in [-0.25, -0.2) is 4.98 Å². The average Bonchev–Trinajstić information content (AvgIpc) is 3.54. The third-order valence-electron chi connectivity index (χ3n) is 4.88. The molecule has 6 nitrogen and oxygen atoms in total. The molecule has 2 N–H and O–H groups in total. The van der Waals surface area contributed by atoms with E-state index in [0.29, 0.717) is 27.0 Å². The molecular formula is C22H16N2O4S3. The first kappa shape index (κ1) is 19.8. The molecule has 5 rings (SSSR count). The maximum atomic E-state index is 13.3. The molecule has 156 valence electrons. The van der Waals surface area contributed by atoms with Crippen molar-refractivity contribution in [2.75, 3.05) is 7.11 Å². The summed E-state index contributed by atoms with van der Waals surface area (Å²) in [7, 11) is 1.60. The average molecular weight is 469 g/mol. The summed E-state index contributed by atoms with van der Waals surface area (Å²) >= 11 is 4.15. The van der Waals surface area contributed by atoms with Gasteiger partial charge >= 0.3 is 0 Å². The number of carbonyl (C=O) groups is 1. The lowest BCUT2D eigenvalue weighted by Crippen LogP contribution is -2.02. The monoisotopic (exact) mass is 468 g/mol. The van der Waals surface area contributed by atoms with Crippen LogP contribution in [0.15, 0.2) is 47.2 Å². The van der Waals surface area contributed by atoms with Crippen LogP contribution in [0.25, 0.3) is 26.6 Å². The molecule has 0 unspecified atom stereocenters. The number of thiazole rings is 1. The Morgan fingerprint density at radius 2 is 1.97 bits per heavy atom. The van der Waals surface area contributed by atoms with E-state index in [1.54, 1.807) is 13.2 Å². The minimum absolute atomic E-state index is 0.0644. The normalized spacial score (nSPS) is 11.3. The van der Waals surface area contributed by atoms with E-state index in [9.17, 15) is 15.0 Å². The number of carbonyl (C=O) groups excluding carboxylic acids is 1. The van der Waals surface area contributed by atoms with Gasteiger partial charge in [0.2, 0.25) is 11.7 Å². The molecule has 0 aliphatic rings. The predicted molar refractivity (Wildman–Crippen MR) is 125 cm³/mol. The Hall–Kier alpha value is -3.14. The first-order valence-electron chi connectivity index (χ1n) is 9.23. The van der Waals surface area contributed by atoms with E-state index in [1.165, 1.54) is 38.6 Å². The Kier molecular flexibility index (Phi) is 4.81. The Balaban J connectivity index is 1.77. The van der Waals surface area contributed by atoms with Gasteiger partial charge in [-0.15, -0.1) is 11.3 Å². The molecule has 0 atom stereocenters. The number of nitrogens with zero attached hydrogens (tertiary/aromatic N) is 2. The summed E-state index contributed by atoms with van der Waals surface area (Å²) in [4.78, 5) is 19.5. The molecular weight excluding hydrogens is 452 g/mol. The molecule has 0 aliphatic heterocycles. The van der Waals surface area contributed by atoms with Crippen molar-refractivity contribution in [3.63, 3.8) is 0 Å². The van der Waals surface area contributed by atoms with Gasteiger partial charge in [-0.3, -0.25) is 9.36 Å². The fourth-order valence-electron chi connectivity index (χ4n) is 3.42. The Morgan fingerprint density at radius 1 is 1.13 bits per heavy atom. The Labute approximate surface area is 189 Å². The number of aromatic hydroxyl groups is 2. The standard InChI is InChI=1S/C22H16N2O4S3/c1-11-3-6-15(30-11)19(25)17-18(12-7-8-29-10-12)24(21(27)20(17)26)22-23-14-5-4-13(28-2)9-16(14)31-22/h3-10,26-27H,1-2H3. The maximum Gasteiger partial charge on any atom is 0.242 e. The number of aromatic nitrogens is 2. The molecule has 0 fully saturated rings. The number of rotatable bonds is 5. The lowest BCUT2D eigenvalue weighted by molar-refractivity contribution is 0.104. The molecule has 5 aromatic rings. The lowest BCUT2D eigenvalue weighted by Gasteiger charge is -2.07. The molecule has 0 aliphatic carbocycles. The van der Waals surface area contributed by atoms with E-state index in [1.807, 2.05) is 48.0 Å². The van der Waals surface area contributed by atoms with Gasteiger partial charge in [-0.2, -0.15) is 11.3 Å². The smallest absolute Gasteiger partial charge is 0.242 e. The number of hydrogen-bond donors (Lipinski definition) is 2. The second kappa shape index (κ2) is 7.52. The van der Waals surface area contributed by atoms with E-state index in [0.717, 1.165) is 15.1 Å². The highest BCUT2D eigenvalue weighted by atomic mass is 32.1. The number of thiophene rings is 2. The van der Waals surface area contributed by atoms with Crippen molar-refractivity contribution in [2.45, 2.75) is 6.92 Å². The predicted octanol–water partition coefficient (Wildman–Crippen LogP) is 5.84. The third-order valence-corrected chi connectivity index (χ3v) is 7.57. The van der Waals surface area contributed by atoms with Crippen molar-refractivity contribution >= 4 is 50.0 Å². The maximum absolute atomic E-state index is 13.3. The number of fused-ring (bicyclic) bond motifs is 1. The highest BCUT2D eigenvalue weighted by Gasteiger charge is 2.31. The molecule has 0 radical (unpaired) electrons. The molecule has 0 saturated carbocycles. The number of hydrogen-bond acceptors (Lipinski definition) is 8. The highest BCUT2D eigenvalue weighted by molar-refractivity contribution is 7.20. The molecule has 4 heterocycles. The number of ketones is 1. The number of methoxy groups -OCH3 is 1. The van der Waals surface area contributed by atoms with Crippen LogP contribution in [0, 0.1) is 6.92 Å². The van der Waals surface area contributed by atoms with Gasteiger partial charge in [-0.05, 0) is 48.7 Å². The van der Waals surface area contributed by atoms with Gasteiger partial charge in [0.15, 0.2) is 10.9 Å². The quantitative estimate of drug-likeness (QED) is 0.317. The van der Waals surface area contributed by atoms with Gasteiger partial charge in [0, 0.05) is 15.8 Å². The second-order valence-electron chi connectivity index (χ2n) is 6.81. The Morgan fingerprint density at radius 3 is 2.65 bits per heavy atom. The summed E-state index contributed by atoms with van der Waals surface area (Å²) in [6, 6.07) is 10.9. The zero-order valence-electron chi connectivity index (χ0n) is 16.4. The van der Waals surface area contributed by atoms with Crippen LogP contribution >= 0.6 is 34.0 Å². The molecule has 0 amide bonds. The van der Waals surface area contributed by atoms with E-state index in [4.69, 9.17) is 4.74 Å². The molecule has 0 saturated heterocycles. The van der Waals surface area contributed by atoms with Gasteiger partial charge < -0.3 is 14.9 Å². The zero-order chi connectivity index (χ0) is 21.7. The van der Waals surface area contributed by atoms with Crippen molar-refractivity contribution in [1.29, 1.82) is 0 Å². The number of aryl methyl sites for hydroxylation is 1. The summed E-state index contributed by atoms with van der Waals surface area (Å²) in [6.45, 7) is 1.92.